The summed E-state index contributed by atoms with van der Waals surface area (Å²) in [4.78, 5) is 4.11. The molecule has 6 heteroatoms. The molecule has 2 rings (SSSR count). The first kappa shape index (κ1) is 15.1. The zero-order valence-corrected chi connectivity index (χ0v) is 11.8. The first-order chi connectivity index (χ1) is 10.2. The SMILES string of the molecule is COCc1ccccc1NC(N)=NCC(O)c1ccco1. The number of ether oxygens (including phenoxy) is 1. The van der Waals surface area contributed by atoms with E-state index in [1.165, 1.54) is 6.26 Å². The fourth-order valence-corrected chi connectivity index (χ4v) is 1.86. The number of methoxy groups -OCH3 is 1. The van der Waals surface area contributed by atoms with Crippen molar-refractivity contribution in [2.24, 2.45) is 10.7 Å². The predicted molar refractivity (Wildman–Crippen MR) is 80.9 cm³/mol. The maximum atomic E-state index is 9.86. The Kier molecular flexibility index (Phi) is 5.36. The van der Waals surface area contributed by atoms with Crippen LogP contribution >= 0.6 is 0 Å². The molecule has 0 aliphatic rings. The molecule has 1 atom stereocenters. The Labute approximate surface area is 123 Å². The largest absolute Gasteiger partial charge is 0.467 e. The molecule has 1 aromatic carbocycles. The van der Waals surface area contributed by atoms with E-state index in [-0.39, 0.29) is 12.5 Å². The van der Waals surface area contributed by atoms with Crippen molar-refractivity contribution in [2.45, 2.75) is 12.7 Å². The van der Waals surface area contributed by atoms with Gasteiger partial charge in [-0.05, 0) is 18.2 Å². The van der Waals surface area contributed by atoms with Gasteiger partial charge in [0.15, 0.2) is 5.96 Å². The zero-order valence-electron chi connectivity index (χ0n) is 11.8. The minimum atomic E-state index is -0.811. The monoisotopic (exact) mass is 289 g/mol. The summed E-state index contributed by atoms with van der Waals surface area (Å²) in [5.41, 5.74) is 7.63. The minimum absolute atomic E-state index is 0.124. The Morgan fingerprint density at radius 1 is 1.38 bits per heavy atom. The molecule has 0 bridgehead atoms. The van der Waals surface area contributed by atoms with Crippen LogP contribution in [0.4, 0.5) is 5.69 Å². The van der Waals surface area contributed by atoms with E-state index in [1.807, 2.05) is 24.3 Å². The number of nitrogens with zero attached hydrogens (tertiary/aromatic N) is 1. The standard InChI is InChI=1S/C15H19N3O3/c1-20-10-11-5-2-3-6-12(11)18-15(16)17-9-13(19)14-7-4-8-21-14/h2-8,13,19H,9-10H2,1H3,(H3,16,17,18). The second kappa shape index (κ2) is 7.47. The molecule has 6 nitrogen and oxygen atoms in total. The van der Waals surface area contributed by atoms with Crippen LogP contribution < -0.4 is 11.1 Å². The second-order valence-corrected chi connectivity index (χ2v) is 4.47. The Morgan fingerprint density at radius 3 is 2.90 bits per heavy atom. The van der Waals surface area contributed by atoms with E-state index in [1.54, 1.807) is 19.2 Å². The quantitative estimate of drug-likeness (QED) is 0.558. The van der Waals surface area contributed by atoms with Gasteiger partial charge < -0.3 is 25.3 Å². The molecule has 1 heterocycles. The lowest BCUT2D eigenvalue weighted by atomic mass is 10.2. The van der Waals surface area contributed by atoms with Crippen LogP contribution in [0.1, 0.15) is 17.4 Å². The summed E-state index contributed by atoms with van der Waals surface area (Å²) in [6, 6.07) is 11.1. The topological polar surface area (TPSA) is 93.0 Å². The summed E-state index contributed by atoms with van der Waals surface area (Å²) in [5, 5.41) is 12.9. The van der Waals surface area contributed by atoms with Crippen molar-refractivity contribution in [2.75, 3.05) is 19.0 Å². The highest BCUT2D eigenvalue weighted by atomic mass is 16.5. The molecule has 0 spiro atoms. The number of anilines is 1. The highest BCUT2D eigenvalue weighted by molar-refractivity contribution is 5.92. The second-order valence-electron chi connectivity index (χ2n) is 4.47. The summed E-state index contributed by atoms with van der Waals surface area (Å²) < 4.78 is 10.2. The average molecular weight is 289 g/mol. The van der Waals surface area contributed by atoms with Crippen LogP contribution in [0.5, 0.6) is 0 Å². The third-order valence-electron chi connectivity index (χ3n) is 2.89. The van der Waals surface area contributed by atoms with E-state index < -0.39 is 6.10 Å². The molecule has 0 saturated carbocycles. The van der Waals surface area contributed by atoms with Crippen LogP contribution in [-0.4, -0.2) is 24.7 Å². The zero-order chi connectivity index (χ0) is 15.1. The van der Waals surface area contributed by atoms with Gasteiger partial charge in [0.2, 0.25) is 0 Å². The molecule has 0 radical (unpaired) electrons. The molecule has 1 unspecified atom stereocenters. The molecule has 0 saturated heterocycles. The van der Waals surface area contributed by atoms with E-state index in [4.69, 9.17) is 14.9 Å². The number of para-hydroxylation sites is 1. The number of furan rings is 1. The van der Waals surface area contributed by atoms with Crippen molar-refractivity contribution >= 4 is 11.6 Å². The lowest BCUT2D eigenvalue weighted by molar-refractivity contribution is 0.158. The van der Waals surface area contributed by atoms with Crippen molar-refractivity contribution < 1.29 is 14.3 Å². The lowest BCUT2D eigenvalue weighted by Crippen LogP contribution is -2.24. The van der Waals surface area contributed by atoms with Crippen molar-refractivity contribution in [1.29, 1.82) is 0 Å². The number of aliphatic hydroxyl groups excluding tert-OH is 1. The van der Waals surface area contributed by atoms with E-state index >= 15 is 0 Å². The van der Waals surface area contributed by atoms with Gasteiger partial charge in [-0.3, -0.25) is 0 Å². The molecule has 112 valence electrons. The fourth-order valence-electron chi connectivity index (χ4n) is 1.86. The smallest absolute Gasteiger partial charge is 0.193 e. The van der Waals surface area contributed by atoms with Crippen molar-refractivity contribution in [1.82, 2.24) is 0 Å². The number of benzene rings is 1. The summed E-state index contributed by atoms with van der Waals surface area (Å²) in [6.07, 6.45) is 0.694. The van der Waals surface area contributed by atoms with Gasteiger partial charge in [-0.1, -0.05) is 18.2 Å². The van der Waals surface area contributed by atoms with Gasteiger partial charge in [-0.15, -0.1) is 0 Å². The predicted octanol–water partition coefficient (Wildman–Crippen LogP) is 1.89. The Balaban J connectivity index is 1.97. The normalized spacial score (nSPS) is 13.1. The number of aliphatic hydroxyl groups is 1. The molecule has 1 aromatic heterocycles. The van der Waals surface area contributed by atoms with Crippen molar-refractivity contribution in [3.8, 4) is 0 Å². The highest BCUT2D eigenvalue weighted by Crippen LogP contribution is 2.16. The third-order valence-corrected chi connectivity index (χ3v) is 2.89. The van der Waals surface area contributed by atoms with E-state index in [2.05, 4.69) is 10.3 Å². The van der Waals surface area contributed by atoms with Crippen LogP contribution in [0, 0.1) is 0 Å². The Morgan fingerprint density at radius 2 is 2.19 bits per heavy atom. The van der Waals surface area contributed by atoms with Gasteiger partial charge in [0.1, 0.15) is 11.9 Å². The summed E-state index contributed by atoms with van der Waals surface area (Å²) in [5.74, 6) is 0.690. The summed E-state index contributed by atoms with van der Waals surface area (Å²) >= 11 is 0. The average Bonchev–Trinajstić information content (AvgIpc) is 3.01. The van der Waals surface area contributed by atoms with Crippen molar-refractivity contribution in [3.63, 3.8) is 0 Å². The van der Waals surface area contributed by atoms with E-state index in [0.29, 0.717) is 12.4 Å². The Bertz CT molecular complexity index is 582. The summed E-state index contributed by atoms with van der Waals surface area (Å²) in [7, 11) is 1.63. The van der Waals surface area contributed by atoms with Crippen molar-refractivity contribution in [3.05, 3.63) is 54.0 Å². The molecule has 0 fully saturated rings. The summed E-state index contributed by atoms with van der Waals surface area (Å²) in [6.45, 7) is 0.601. The van der Waals surface area contributed by atoms with Gasteiger partial charge in [0.25, 0.3) is 0 Å². The first-order valence-electron chi connectivity index (χ1n) is 6.56. The van der Waals surface area contributed by atoms with Crippen LogP contribution in [0.25, 0.3) is 0 Å². The van der Waals surface area contributed by atoms with Gasteiger partial charge in [0, 0.05) is 18.4 Å². The molecule has 21 heavy (non-hydrogen) atoms. The van der Waals surface area contributed by atoms with Crippen LogP contribution in [0.2, 0.25) is 0 Å². The number of guanidine groups is 1. The molecule has 0 amide bonds. The number of rotatable bonds is 6. The molecule has 2 aromatic rings. The molecular weight excluding hydrogens is 270 g/mol. The molecular formula is C15H19N3O3. The lowest BCUT2D eigenvalue weighted by Gasteiger charge is -2.11. The fraction of sp³-hybridized carbons (Fsp3) is 0.267. The molecule has 0 aliphatic heterocycles. The first-order valence-corrected chi connectivity index (χ1v) is 6.56. The van der Waals surface area contributed by atoms with Crippen LogP contribution in [0.15, 0.2) is 52.1 Å². The van der Waals surface area contributed by atoms with E-state index in [0.717, 1.165) is 11.3 Å². The number of hydrogen-bond donors (Lipinski definition) is 3. The number of hydrogen-bond acceptors (Lipinski definition) is 4. The number of nitrogens with one attached hydrogen (secondary N) is 1. The highest BCUT2D eigenvalue weighted by Gasteiger charge is 2.09. The molecule has 0 aliphatic carbocycles. The number of aliphatic imine (C=N–C) groups is 1. The maximum Gasteiger partial charge on any atom is 0.193 e. The van der Waals surface area contributed by atoms with E-state index in [9.17, 15) is 5.11 Å². The Hall–Kier alpha value is -2.31. The van der Waals surface area contributed by atoms with Gasteiger partial charge in [0.05, 0.1) is 19.4 Å². The van der Waals surface area contributed by atoms with Crippen LogP contribution in [-0.2, 0) is 11.3 Å². The molecule has 4 N–H and O–H groups in total. The van der Waals surface area contributed by atoms with Gasteiger partial charge >= 0.3 is 0 Å². The number of nitrogens with two attached hydrogens (primary N) is 1. The minimum Gasteiger partial charge on any atom is -0.467 e. The third kappa shape index (κ3) is 4.34. The van der Waals surface area contributed by atoms with Gasteiger partial charge in [-0.2, -0.15) is 0 Å². The van der Waals surface area contributed by atoms with Crippen LogP contribution in [0.3, 0.4) is 0 Å². The maximum absolute atomic E-state index is 9.86. The van der Waals surface area contributed by atoms with Gasteiger partial charge in [-0.25, -0.2) is 4.99 Å².